The Morgan fingerprint density at radius 1 is 0.824 bits per heavy atom. The normalized spacial score (nSPS) is 23.5. The molecule has 17 heavy (non-hydrogen) atoms. The van der Waals surface area contributed by atoms with Crippen LogP contribution in [-0.2, 0) is 0 Å². The van der Waals surface area contributed by atoms with E-state index in [1.807, 2.05) is 47.6 Å². The number of rotatable bonds is 2. The molecular formula is C17H36. The molecule has 0 saturated heterocycles. The molecule has 2 atom stereocenters. The first-order chi connectivity index (χ1) is 8.09. The van der Waals surface area contributed by atoms with Crippen molar-refractivity contribution < 1.29 is 0 Å². The lowest BCUT2D eigenvalue weighted by atomic mass is 10.0. The van der Waals surface area contributed by atoms with Crippen LogP contribution in [-0.4, -0.2) is 0 Å². The minimum absolute atomic E-state index is 0.803. The predicted octanol–water partition coefficient (Wildman–Crippen LogP) is 6.49. The van der Waals surface area contributed by atoms with E-state index in [1.165, 1.54) is 11.1 Å². The summed E-state index contributed by atoms with van der Waals surface area (Å²) in [6, 6.07) is 0. The average Bonchev–Trinajstić information content (AvgIpc) is 2.96. The summed E-state index contributed by atoms with van der Waals surface area (Å²) in [5, 5.41) is 0. The molecule has 1 saturated carbocycles. The zero-order valence-electron chi connectivity index (χ0n) is 14.0. The molecule has 0 radical (unpaired) electrons. The van der Waals surface area contributed by atoms with Crippen LogP contribution in [0.15, 0.2) is 23.8 Å². The lowest BCUT2D eigenvalue weighted by molar-refractivity contribution is 0.834. The van der Waals surface area contributed by atoms with Crippen LogP contribution in [0.5, 0.6) is 0 Å². The molecule has 0 aromatic heterocycles. The van der Waals surface area contributed by atoms with Gasteiger partial charge in [0.1, 0.15) is 0 Å². The molecule has 0 heterocycles. The zero-order chi connectivity index (χ0) is 14.6. The van der Waals surface area contributed by atoms with E-state index in [2.05, 4.69) is 34.3 Å². The molecule has 0 aliphatic heterocycles. The number of hydrogen-bond donors (Lipinski definition) is 0. The summed E-state index contributed by atoms with van der Waals surface area (Å²) in [6.07, 6.45) is 2.03. The van der Waals surface area contributed by atoms with Crippen LogP contribution in [0.3, 0.4) is 0 Å². The molecule has 0 spiro atoms. The van der Waals surface area contributed by atoms with E-state index in [-0.39, 0.29) is 0 Å². The molecule has 1 aliphatic rings. The van der Waals surface area contributed by atoms with Crippen molar-refractivity contribution in [2.75, 3.05) is 0 Å². The summed E-state index contributed by atoms with van der Waals surface area (Å²) in [7, 11) is 0. The third-order valence-corrected chi connectivity index (χ3v) is 2.98. The third-order valence-electron chi connectivity index (χ3n) is 2.98. The van der Waals surface area contributed by atoms with Crippen LogP contribution >= 0.6 is 0 Å². The van der Waals surface area contributed by atoms with E-state index < -0.39 is 0 Å². The summed E-state index contributed by atoms with van der Waals surface area (Å²) in [4.78, 5) is 0. The van der Waals surface area contributed by atoms with Gasteiger partial charge in [-0.05, 0) is 37.2 Å². The molecule has 104 valence electrons. The van der Waals surface area contributed by atoms with Crippen LogP contribution in [0, 0.1) is 17.8 Å². The van der Waals surface area contributed by atoms with Gasteiger partial charge in [0.25, 0.3) is 0 Å². The molecule has 2 unspecified atom stereocenters. The molecule has 1 rings (SSSR count). The molecule has 0 aromatic carbocycles. The topological polar surface area (TPSA) is 0 Å². The quantitative estimate of drug-likeness (QED) is 0.484. The summed E-state index contributed by atoms with van der Waals surface area (Å²) in [5.41, 5.74) is 2.91. The van der Waals surface area contributed by atoms with Crippen molar-refractivity contribution in [1.29, 1.82) is 0 Å². The molecule has 0 aromatic rings. The van der Waals surface area contributed by atoms with Crippen LogP contribution in [0.1, 0.15) is 69.2 Å². The minimum Gasteiger partial charge on any atom is -0.0988 e. The maximum absolute atomic E-state index is 3.85. The molecule has 0 amide bonds. The fourth-order valence-corrected chi connectivity index (χ4v) is 1.90. The van der Waals surface area contributed by atoms with Crippen molar-refractivity contribution in [3.05, 3.63) is 23.8 Å². The van der Waals surface area contributed by atoms with Gasteiger partial charge in [0, 0.05) is 0 Å². The van der Waals surface area contributed by atoms with Gasteiger partial charge >= 0.3 is 0 Å². The molecule has 1 fully saturated rings. The van der Waals surface area contributed by atoms with Gasteiger partial charge in [-0.3, -0.25) is 0 Å². The summed E-state index contributed by atoms with van der Waals surface area (Å²) < 4.78 is 0. The highest BCUT2D eigenvalue weighted by atomic mass is 14.5. The third kappa shape index (κ3) is 7.41. The monoisotopic (exact) mass is 240 g/mol. The Morgan fingerprint density at radius 3 is 1.18 bits per heavy atom. The Kier molecular flexibility index (Phi) is 17.3. The fraction of sp³-hybridized carbons (Fsp3) is 0.765. The highest BCUT2D eigenvalue weighted by molar-refractivity contribution is 5.30. The van der Waals surface area contributed by atoms with Gasteiger partial charge in [-0.15, -0.1) is 0 Å². The van der Waals surface area contributed by atoms with Gasteiger partial charge in [-0.25, -0.2) is 0 Å². The Balaban J connectivity index is -0.000000285. The predicted molar refractivity (Wildman–Crippen MR) is 84.4 cm³/mol. The van der Waals surface area contributed by atoms with Crippen LogP contribution < -0.4 is 0 Å². The molecule has 0 nitrogen and oxygen atoms in total. The van der Waals surface area contributed by atoms with E-state index >= 15 is 0 Å². The van der Waals surface area contributed by atoms with Crippen molar-refractivity contribution in [1.82, 2.24) is 0 Å². The maximum Gasteiger partial charge on any atom is -0.0106 e. The number of allylic oxidation sites excluding steroid dienone is 3. The van der Waals surface area contributed by atoms with Gasteiger partial charge in [0.05, 0.1) is 0 Å². The van der Waals surface area contributed by atoms with Gasteiger partial charge in [-0.2, -0.15) is 0 Å². The van der Waals surface area contributed by atoms with Crippen molar-refractivity contribution in [2.45, 2.75) is 69.2 Å². The summed E-state index contributed by atoms with van der Waals surface area (Å²) in [5.74, 6) is 2.55. The first-order valence-electron chi connectivity index (χ1n) is 7.39. The second kappa shape index (κ2) is 13.5. The number of hydrogen-bond acceptors (Lipinski definition) is 0. The smallest absolute Gasteiger partial charge is 0.0106 e. The van der Waals surface area contributed by atoms with Crippen molar-refractivity contribution in [3.63, 3.8) is 0 Å². The minimum atomic E-state index is 0.803. The highest BCUT2D eigenvalue weighted by Crippen LogP contribution is 2.51. The second-order valence-electron chi connectivity index (χ2n) is 3.90. The highest BCUT2D eigenvalue weighted by Gasteiger charge is 2.44. The van der Waals surface area contributed by atoms with Crippen LogP contribution in [0.4, 0.5) is 0 Å². The molecular weight excluding hydrogens is 204 g/mol. The Hall–Kier alpha value is -0.520. The SMILES string of the molecule is C=CC(=C(C)C)C1C(C)C1C.CC.CC.CC. The fourth-order valence-electron chi connectivity index (χ4n) is 1.90. The van der Waals surface area contributed by atoms with Gasteiger partial charge in [0.2, 0.25) is 0 Å². The van der Waals surface area contributed by atoms with Gasteiger partial charge in [-0.1, -0.05) is 73.6 Å². The second-order valence-corrected chi connectivity index (χ2v) is 3.90. The first kappa shape index (κ1) is 21.7. The largest absolute Gasteiger partial charge is 0.0988 e. The summed E-state index contributed by atoms with van der Waals surface area (Å²) in [6.45, 7) is 24.8. The molecule has 1 aliphatic carbocycles. The van der Waals surface area contributed by atoms with E-state index in [1.54, 1.807) is 0 Å². The molecule has 0 bridgehead atoms. The Labute approximate surface area is 111 Å². The zero-order valence-corrected chi connectivity index (χ0v) is 14.0. The first-order valence-corrected chi connectivity index (χ1v) is 7.39. The van der Waals surface area contributed by atoms with Gasteiger partial charge in [0.15, 0.2) is 0 Å². The maximum atomic E-state index is 3.85. The van der Waals surface area contributed by atoms with Crippen LogP contribution in [0.25, 0.3) is 0 Å². The lowest BCUT2D eigenvalue weighted by Crippen LogP contribution is -1.87. The van der Waals surface area contributed by atoms with E-state index in [9.17, 15) is 0 Å². The van der Waals surface area contributed by atoms with E-state index in [4.69, 9.17) is 0 Å². The summed E-state index contributed by atoms with van der Waals surface area (Å²) >= 11 is 0. The Morgan fingerprint density at radius 2 is 1.12 bits per heavy atom. The van der Waals surface area contributed by atoms with Crippen molar-refractivity contribution >= 4 is 0 Å². The standard InChI is InChI=1S/C11H18.3C2H6/c1-6-10(7(2)3)11-8(4)9(11)5;3*1-2/h6,8-9,11H,1H2,2-5H3;3*1-2H3. The average molecular weight is 240 g/mol. The van der Waals surface area contributed by atoms with Crippen LogP contribution in [0.2, 0.25) is 0 Å². The van der Waals surface area contributed by atoms with Crippen molar-refractivity contribution in [2.24, 2.45) is 17.8 Å². The molecule has 0 N–H and O–H groups in total. The Bertz CT molecular complexity index is 186. The molecule has 0 heteroatoms. The van der Waals surface area contributed by atoms with E-state index in [0.717, 1.165) is 17.8 Å². The van der Waals surface area contributed by atoms with Gasteiger partial charge < -0.3 is 0 Å². The lowest BCUT2D eigenvalue weighted by Gasteiger charge is -2.01. The van der Waals surface area contributed by atoms with Crippen molar-refractivity contribution in [3.8, 4) is 0 Å². The van der Waals surface area contributed by atoms with E-state index in [0.29, 0.717) is 0 Å².